The lowest BCUT2D eigenvalue weighted by molar-refractivity contribution is -0.113. The standard InChI is InChI=1S/C20H19N3O3S2/c1-26-20(25)23-19-22-17(15-10-6-3-7-11-15)18(28-19)21-16(24)13-27-12-14-8-4-2-5-9-14/h2-11H,12-13H2,1H3,(H,21,24)(H,22,23,25). The number of thioether (sulfide) groups is 1. The molecule has 0 atom stereocenters. The van der Waals surface area contributed by atoms with Crippen molar-refractivity contribution >= 4 is 45.2 Å². The van der Waals surface area contributed by atoms with Gasteiger partial charge in [-0.3, -0.25) is 10.1 Å². The van der Waals surface area contributed by atoms with Gasteiger partial charge in [0.15, 0.2) is 5.13 Å². The van der Waals surface area contributed by atoms with Crippen molar-refractivity contribution in [2.24, 2.45) is 0 Å². The van der Waals surface area contributed by atoms with Crippen LogP contribution in [0.1, 0.15) is 5.56 Å². The van der Waals surface area contributed by atoms with Gasteiger partial charge in [0.05, 0.1) is 12.9 Å². The fraction of sp³-hybridized carbons (Fsp3) is 0.150. The summed E-state index contributed by atoms with van der Waals surface area (Å²) in [5.41, 5.74) is 2.63. The van der Waals surface area contributed by atoms with Crippen LogP contribution in [0.5, 0.6) is 0 Å². The first-order chi connectivity index (χ1) is 13.7. The van der Waals surface area contributed by atoms with E-state index in [1.165, 1.54) is 35.8 Å². The molecule has 0 aliphatic heterocycles. The van der Waals surface area contributed by atoms with Gasteiger partial charge in [0, 0.05) is 11.3 Å². The van der Waals surface area contributed by atoms with Crippen LogP contribution in [0.3, 0.4) is 0 Å². The number of thiazole rings is 1. The monoisotopic (exact) mass is 413 g/mol. The number of nitrogens with zero attached hydrogens (tertiary/aromatic N) is 1. The highest BCUT2D eigenvalue weighted by molar-refractivity contribution is 7.99. The number of benzene rings is 2. The Morgan fingerprint density at radius 2 is 1.71 bits per heavy atom. The molecule has 0 aliphatic rings. The molecule has 0 spiro atoms. The molecule has 6 nitrogen and oxygen atoms in total. The molecule has 2 aromatic carbocycles. The molecule has 8 heteroatoms. The minimum absolute atomic E-state index is 0.119. The van der Waals surface area contributed by atoms with Crippen molar-refractivity contribution < 1.29 is 14.3 Å². The highest BCUT2D eigenvalue weighted by Gasteiger charge is 2.17. The van der Waals surface area contributed by atoms with Crippen molar-refractivity contribution in [3.63, 3.8) is 0 Å². The maximum Gasteiger partial charge on any atom is 0.413 e. The second kappa shape index (κ2) is 9.91. The first-order valence-electron chi connectivity index (χ1n) is 8.48. The number of nitrogens with one attached hydrogen (secondary N) is 2. The van der Waals surface area contributed by atoms with E-state index in [0.29, 0.717) is 21.6 Å². The first-order valence-corrected chi connectivity index (χ1v) is 10.5. The molecule has 1 heterocycles. The number of carbonyl (C=O) groups is 2. The Hall–Kier alpha value is -2.84. The van der Waals surface area contributed by atoms with Crippen LogP contribution < -0.4 is 10.6 Å². The normalized spacial score (nSPS) is 10.3. The number of anilines is 2. The van der Waals surface area contributed by atoms with Crippen molar-refractivity contribution in [1.82, 2.24) is 4.98 Å². The number of amides is 2. The molecule has 2 N–H and O–H groups in total. The maximum absolute atomic E-state index is 12.4. The predicted molar refractivity (Wildman–Crippen MR) is 115 cm³/mol. The Morgan fingerprint density at radius 3 is 2.39 bits per heavy atom. The quantitative estimate of drug-likeness (QED) is 0.578. The van der Waals surface area contributed by atoms with Gasteiger partial charge in [0.25, 0.3) is 0 Å². The zero-order chi connectivity index (χ0) is 19.8. The summed E-state index contributed by atoms with van der Waals surface area (Å²) in [6, 6.07) is 19.5. The Labute approximate surface area is 171 Å². The minimum atomic E-state index is -0.607. The largest absolute Gasteiger partial charge is 0.453 e. The topological polar surface area (TPSA) is 80.3 Å². The molecule has 3 rings (SSSR count). The summed E-state index contributed by atoms with van der Waals surface area (Å²) in [5, 5.41) is 6.41. The van der Waals surface area contributed by atoms with E-state index in [2.05, 4.69) is 20.4 Å². The van der Waals surface area contributed by atoms with Crippen LogP contribution in [-0.2, 0) is 15.3 Å². The molecule has 3 aromatic rings. The molecule has 2 amide bonds. The van der Waals surface area contributed by atoms with Crippen LogP contribution >= 0.6 is 23.1 Å². The summed E-state index contributed by atoms with van der Waals surface area (Å²) in [7, 11) is 1.29. The average molecular weight is 414 g/mol. The average Bonchev–Trinajstić information content (AvgIpc) is 3.11. The summed E-state index contributed by atoms with van der Waals surface area (Å²) in [5.74, 6) is 0.963. The van der Waals surface area contributed by atoms with Crippen molar-refractivity contribution in [2.75, 3.05) is 23.5 Å². The van der Waals surface area contributed by atoms with Gasteiger partial charge in [0.2, 0.25) is 5.91 Å². The molecular formula is C20H19N3O3S2. The van der Waals surface area contributed by atoms with Crippen molar-refractivity contribution in [2.45, 2.75) is 5.75 Å². The number of hydrogen-bond donors (Lipinski definition) is 2. The lowest BCUT2D eigenvalue weighted by atomic mass is 10.2. The number of aromatic nitrogens is 1. The number of hydrogen-bond acceptors (Lipinski definition) is 6. The molecule has 0 bridgehead atoms. The van der Waals surface area contributed by atoms with Crippen LogP contribution in [0.4, 0.5) is 14.9 Å². The van der Waals surface area contributed by atoms with E-state index in [1.54, 1.807) is 0 Å². The summed E-state index contributed by atoms with van der Waals surface area (Å²) >= 11 is 2.73. The highest BCUT2D eigenvalue weighted by Crippen LogP contribution is 2.36. The third-order valence-corrected chi connectivity index (χ3v) is 5.56. The Balaban J connectivity index is 1.68. The van der Waals surface area contributed by atoms with Gasteiger partial charge in [-0.15, -0.1) is 11.8 Å². The summed E-state index contributed by atoms with van der Waals surface area (Å²) in [6.07, 6.45) is -0.607. The van der Waals surface area contributed by atoms with Crippen LogP contribution in [0, 0.1) is 0 Å². The predicted octanol–water partition coefficient (Wildman–Crippen LogP) is 4.86. The second-order valence-electron chi connectivity index (χ2n) is 5.71. The van der Waals surface area contributed by atoms with Gasteiger partial charge in [-0.05, 0) is 5.56 Å². The smallest absolute Gasteiger partial charge is 0.413 e. The molecule has 0 fully saturated rings. The minimum Gasteiger partial charge on any atom is -0.453 e. The zero-order valence-corrected chi connectivity index (χ0v) is 16.8. The fourth-order valence-corrected chi connectivity index (χ4v) is 4.06. The SMILES string of the molecule is COC(=O)Nc1nc(-c2ccccc2)c(NC(=O)CSCc2ccccc2)s1. The van der Waals surface area contributed by atoms with E-state index in [0.717, 1.165) is 11.3 Å². The third-order valence-electron chi connectivity index (χ3n) is 3.67. The van der Waals surface area contributed by atoms with Gasteiger partial charge < -0.3 is 10.1 Å². The molecule has 0 saturated carbocycles. The molecule has 0 saturated heterocycles. The van der Waals surface area contributed by atoms with Crippen molar-refractivity contribution in [3.8, 4) is 11.3 Å². The van der Waals surface area contributed by atoms with E-state index in [-0.39, 0.29) is 5.91 Å². The molecular weight excluding hydrogens is 394 g/mol. The third kappa shape index (κ3) is 5.58. The van der Waals surface area contributed by atoms with E-state index >= 15 is 0 Å². The van der Waals surface area contributed by atoms with Crippen molar-refractivity contribution in [3.05, 3.63) is 66.2 Å². The van der Waals surface area contributed by atoms with E-state index in [4.69, 9.17) is 0 Å². The second-order valence-corrected chi connectivity index (χ2v) is 7.69. The Kier molecular flexibility index (Phi) is 7.05. The maximum atomic E-state index is 12.4. The van der Waals surface area contributed by atoms with E-state index < -0.39 is 6.09 Å². The molecule has 1 aromatic heterocycles. The summed E-state index contributed by atoms with van der Waals surface area (Å²) in [6.45, 7) is 0. The Morgan fingerprint density at radius 1 is 1.04 bits per heavy atom. The van der Waals surface area contributed by atoms with Gasteiger partial charge in [0.1, 0.15) is 10.7 Å². The number of ether oxygens (including phenoxy) is 1. The Bertz CT molecular complexity index is 930. The first kappa shape index (κ1) is 19.9. The number of methoxy groups -OCH3 is 1. The molecule has 0 unspecified atom stereocenters. The molecule has 144 valence electrons. The molecule has 0 radical (unpaired) electrons. The molecule has 28 heavy (non-hydrogen) atoms. The fourth-order valence-electron chi connectivity index (χ4n) is 2.39. The number of rotatable bonds is 7. The van der Waals surface area contributed by atoms with Gasteiger partial charge in [-0.1, -0.05) is 72.0 Å². The van der Waals surface area contributed by atoms with Crippen LogP contribution in [0.25, 0.3) is 11.3 Å². The van der Waals surface area contributed by atoms with E-state index in [9.17, 15) is 9.59 Å². The zero-order valence-electron chi connectivity index (χ0n) is 15.2. The van der Waals surface area contributed by atoms with Crippen LogP contribution in [-0.4, -0.2) is 29.8 Å². The van der Waals surface area contributed by atoms with Crippen molar-refractivity contribution in [1.29, 1.82) is 0 Å². The number of carbonyl (C=O) groups excluding carboxylic acids is 2. The summed E-state index contributed by atoms with van der Waals surface area (Å²) < 4.78 is 4.61. The lowest BCUT2D eigenvalue weighted by Gasteiger charge is -2.05. The lowest BCUT2D eigenvalue weighted by Crippen LogP contribution is -2.13. The van der Waals surface area contributed by atoms with Gasteiger partial charge in [-0.2, -0.15) is 0 Å². The van der Waals surface area contributed by atoms with Crippen LogP contribution in [0.2, 0.25) is 0 Å². The molecule has 0 aliphatic carbocycles. The van der Waals surface area contributed by atoms with Gasteiger partial charge >= 0.3 is 6.09 Å². The van der Waals surface area contributed by atoms with Gasteiger partial charge in [-0.25, -0.2) is 9.78 Å². The van der Waals surface area contributed by atoms with Crippen LogP contribution in [0.15, 0.2) is 60.7 Å². The van der Waals surface area contributed by atoms with E-state index in [1.807, 2.05) is 60.7 Å². The highest BCUT2D eigenvalue weighted by atomic mass is 32.2. The summed E-state index contributed by atoms with van der Waals surface area (Å²) in [4.78, 5) is 28.3.